The molecule has 12 heteroatoms. The van der Waals surface area contributed by atoms with Gasteiger partial charge in [-0.2, -0.15) is 0 Å². The molecule has 4 saturated heterocycles. The number of ether oxygens (including phenoxy) is 7. The van der Waals surface area contributed by atoms with E-state index < -0.39 is 89.7 Å². The second-order valence-corrected chi connectivity index (χ2v) is 16.9. The summed E-state index contributed by atoms with van der Waals surface area (Å²) < 4.78 is 45.4. The van der Waals surface area contributed by atoms with Gasteiger partial charge in [0.2, 0.25) is 0 Å². The van der Waals surface area contributed by atoms with E-state index in [1.165, 1.54) is 6.92 Å². The molecule has 3 N–H and O–H groups in total. The first-order valence-corrected chi connectivity index (χ1v) is 19.1. The third-order valence-corrected chi connectivity index (χ3v) is 12.5. The molecular weight excluding hydrogens is 646 g/mol. The number of methoxy groups -OCH3 is 1. The molecule has 0 amide bonds. The zero-order valence-electron chi connectivity index (χ0n) is 33.0. The van der Waals surface area contributed by atoms with Gasteiger partial charge in [0.15, 0.2) is 12.6 Å². The maximum atomic E-state index is 14.1. The Bertz CT molecular complexity index is 1130. The van der Waals surface area contributed by atoms with Crippen molar-refractivity contribution in [1.29, 1.82) is 0 Å². The van der Waals surface area contributed by atoms with Gasteiger partial charge in [-0.1, -0.05) is 34.6 Å². The van der Waals surface area contributed by atoms with Crippen LogP contribution < -0.4 is 0 Å². The van der Waals surface area contributed by atoms with Crippen molar-refractivity contribution in [3.05, 3.63) is 0 Å². The highest BCUT2D eigenvalue weighted by atomic mass is 16.7. The van der Waals surface area contributed by atoms with Crippen molar-refractivity contribution in [3.63, 3.8) is 0 Å². The Labute approximate surface area is 300 Å². The topological polar surface area (TPSA) is 146 Å². The molecule has 0 aromatic carbocycles. The Kier molecular flexibility index (Phi) is 13.6. The minimum Gasteiger partial charge on any atom is -0.459 e. The predicted molar refractivity (Wildman–Crippen MR) is 187 cm³/mol. The third-order valence-electron chi connectivity index (χ3n) is 12.5. The SMILES string of the molecule is CC[C@H]1OC(=O)[C@H](C)[C@@H](O[C@H]2C[C@@](C)(OC)C[C@H](C)O2)[C@H](C)[C@@H](O[C@@H]2O[C@H](C)C[C@H](N(C)CC)[C@H]2O)[C@]2(C)C[C@H](C)[C@@H](O2)[C@H](C)[C@@H](O)[C@]1(C)O. The Morgan fingerprint density at radius 2 is 1.58 bits per heavy atom. The predicted octanol–water partition coefficient (Wildman–Crippen LogP) is 4.04. The molecule has 292 valence electrons. The molecule has 12 nitrogen and oxygen atoms in total. The van der Waals surface area contributed by atoms with Crippen LogP contribution in [0.3, 0.4) is 0 Å². The Hall–Kier alpha value is -0.930. The monoisotopic (exact) mass is 715 g/mol. The summed E-state index contributed by atoms with van der Waals surface area (Å²) in [7, 11) is 3.67. The van der Waals surface area contributed by atoms with E-state index in [-0.39, 0.29) is 24.2 Å². The summed E-state index contributed by atoms with van der Waals surface area (Å²) in [6, 6.07) is -0.184. The zero-order chi connectivity index (χ0) is 37.5. The van der Waals surface area contributed by atoms with Crippen molar-refractivity contribution in [1.82, 2.24) is 4.90 Å². The highest BCUT2D eigenvalue weighted by Crippen LogP contribution is 2.48. The summed E-state index contributed by atoms with van der Waals surface area (Å²) in [5.41, 5.74) is -3.20. The summed E-state index contributed by atoms with van der Waals surface area (Å²) in [4.78, 5) is 16.2. The van der Waals surface area contributed by atoms with Crippen molar-refractivity contribution in [3.8, 4) is 0 Å². The Balaban J connectivity index is 1.83. The van der Waals surface area contributed by atoms with Crippen LogP contribution in [0.25, 0.3) is 0 Å². The second kappa shape index (κ2) is 16.2. The van der Waals surface area contributed by atoms with Crippen molar-refractivity contribution < 1.29 is 53.3 Å². The number of aliphatic hydroxyl groups is 3. The van der Waals surface area contributed by atoms with Gasteiger partial charge in [-0.3, -0.25) is 4.79 Å². The maximum absolute atomic E-state index is 14.1. The lowest BCUT2D eigenvalue weighted by Gasteiger charge is -2.48. The van der Waals surface area contributed by atoms with Crippen LogP contribution in [-0.4, -0.2) is 131 Å². The highest BCUT2D eigenvalue weighted by Gasteiger charge is 2.57. The minimum absolute atomic E-state index is 0.0267. The van der Waals surface area contributed by atoms with Gasteiger partial charge in [0, 0.05) is 37.8 Å². The van der Waals surface area contributed by atoms with E-state index in [4.69, 9.17) is 33.2 Å². The molecule has 0 aromatic rings. The van der Waals surface area contributed by atoms with E-state index >= 15 is 0 Å². The molecule has 4 fully saturated rings. The molecule has 0 aromatic heterocycles. The number of carbonyl (C=O) groups is 1. The molecule has 18 atom stereocenters. The van der Waals surface area contributed by atoms with E-state index in [0.29, 0.717) is 32.1 Å². The number of rotatable bonds is 8. The zero-order valence-corrected chi connectivity index (χ0v) is 33.0. The first kappa shape index (κ1) is 41.8. The first-order chi connectivity index (χ1) is 23.2. The van der Waals surface area contributed by atoms with Crippen molar-refractivity contribution in [2.45, 2.75) is 193 Å². The largest absolute Gasteiger partial charge is 0.459 e. The third kappa shape index (κ3) is 8.55. The van der Waals surface area contributed by atoms with Crippen LogP contribution >= 0.6 is 0 Å². The molecule has 2 bridgehead atoms. The molecule has 4 aliphatic heterocycles. The quantitative estimate of drug-likeness (QED) is 0.312. The lowest BCUT2D eigenvalue weighted by atomic mass is 9.76. The van der Waals surface area contributed by atoms with E-state index in [1.807, 2.05) is 55.5 Å². The molecule has 4 heterocycles. The van der Waals surface area contributed by atoms with Crippen LogP contribution in [-0.2, 0) is 38.0 Å². The van der Waals surface area contributed by atoms with Crippen LogP contribution in [0.1, 0.15) is 108 Å². The number of nitrogens with zero attached hydrogens (tertiary/aromatic N) is 1. The molecule has 0 aliphatic carbocycles. The summed E-state index contributed by atoms with van der Waals surface area (Å²) in [5.74, 6) is -2.47. The number of fused-ring (bicyclic) bond motifs is 2. The Morgan fingerprint density at radius 3 is 2.18 bits per heavy atom. The number of cyclic esters (lactones) is 1. The Morgan fingerprint density at radius 1 is 0.920 bits per heavy atom. The standard InChI is InChI=1S/C38H69NO11/c1-14-27-38(11,43)32(41)23(6)30-20(3)17-37(10,50-30)33(49-35-29(40)26(39(12)15-2)16-21(4)46-35)24(7)31(25(8)34(42)47-27)48-28-19-36(9,44-13)18-22(5)45-28/h20-33,35,40-41,43H,14-19H2,1-13H3/t20-,21+,22-,23-,24-,25+,26-,27+,28-,29+,30+,31-,32+,33+,35-,36-,37-,38+/m0/s1. The minimum atomic E-state index is -1.75. The molecule has 0 spiro atoms. The van der Waals surface area contributed by atoms with Crippen molar-refractivity contribution in [2.75, 3.05) is 20.7 Å². The van der Waals surface area contributed by atoms with E-state index in [1.54, 1.807) is 14.0 Å². The van der Waals surface area contributed by atoms with E-state index in [0.717, 1.165) is 6.54 Å². The summed E-state index contributed by atoms with van der Waals surface area (Å²) in [6.07, 6.45) is -4.56. The van der Waals surface area contributed by atoms with Gasteiger partial charge in [0.1, 0.15) is 17.8 Å². The smallest absolute Gasteiger partial charge is 0.311 e. The number of hydrogen-bond donors (Lipinski definition) is 3. The van der Waals surface area contributed by atoms with Gasteiger partial charge < -0.3 is 53.4 Å². The summed E-state index contributed by atoms with van der Waals surface area (Å²) in [5, 5.41) is 35.2. The van der Waals surface area contributed by atoms with E-state index in [2.05, 4.69) is 18.7 Å². The second-order valence-electron chi connectivity index (χ2n) is 16.9. The molecule has 50 heavy (non-hydrogen) atoms. The fourth-order valence-electron chi connectivity index (χ4n) is 9.41. The first-order valence-electron chi connectivity index (χ1n) is 19.1. The van der Waals surface area contributed by atoms with Crippen LogP contribution in [0.2, 0.25) is 0 Å². The van der Waals surface area contributed by atoms with Gasteiger partial charge in [0.25, 0.3) is 0 Å². The maximum Gasteiger partial charge on any atom is 0.311 e. The number of carbonyl (C=O) groups excluding carboxylic acids is 1. The molecular formula is C38H69NO11. The molecule has 0 saturated carbocycles. The van der Waals surface area contributed by atoms with Gasteiger partial charge >= 0.3 is 5.97 Å². The van der Waals surface area contributed by atoms with Gasteiger partial charge in [-0.15, -0.1) is 0 Å². The van der Waals surface area contributed by atoms with Gasteiger partial charge in [0.05, 0.1) is 53.7 Å². The number of hydrogen-bond acceptors (Lipinski definition) is 12. The highest BCUT2D eigenvalue weighted by molar-refractivity contribution is 5.73. The lowest BCUT2D eigenvalue weighted by molar-refractivity contribution is -0.312. The number of esters is 1. The summed E-state index contributed by atoms with van der Waals surface area (Å²) in [6.45, 7) is 21.8. The normalized spacial score (nSPS) is 51.1. The molecule has 0 unspecified atom stereocenters. The number of aliphatic hydroxyl groups excluding tert-OH is 2. The van der Waals surface area contributed by atoms with Crippen LogP contribution in [0.4, 0.5) is 0 Å². The van der Waals surface area contributed by atoms with E-state index in [9.17, 15) is 20.1 Å². The van der Waals surface area contributed by atoms with Gasteiger partial charge in [-0.05, 0) is 80.3 Å². The molecule has 0 radical (unpaired) electrons. The fourth-order valence-corrected chi connectivity index (χ4v) is 9.41. The number of likely N-dealkylation sites (N-methyl/N-ethyl adjacent to an activating group) is 1. The van der Waals surface area contributed by atoms with Crippen molar-refractivity contribution in [2.24, 2.45) is 23.7 Å². The van der Waals surface area contributed by atoms with Crippen LogP contribution in [0.5, 0.6) is 0 Å². The van der Waals surface area contributed by atoms with Crippen LogP contribution in [0, 0.1) is 23.7 Å². The summed E-state index contributed by atoms with van der Waals surface area (Å²) >= 11 is 0. The van der Waals surface area contributed by atoms with Crippen molar-refractivity contribution >= 4 is 5.97 Å². The fraction of sp³-hybridized carbons (Fsp3) is 0.974. The van der Waals surface area contributed by atoms with Crippen LogP contribution in [0.15, 0.2) is 0 Å². The van der Waals surface area contributed by atoms with Gasteiger partial charge in [-0.25, -0.2) is 0 Å². The molecule has 4 aliphatic rings. The lowest BCUT2D eigenvalue weighted by Crippen LogP contribution is -2.59. The average Bonchev–Trinajstić information content (AvgIpc) is 3.37. The molecule has 4 rings (SSSR count). The average molecular weight is 716 g/mol.